The highest BCUT2D eigenvalue weighted by atomic mass is 35.7. The van der Waals surface area contributed by atoms with Gasteiger partial charge in [-0.05, 0) is 19.4 Å². The van der Waals surface area contributed by atoms with Gasteiger partial charge in [0.2, 0.25) is 0 Å². The Morgan fingerprint density at radius 2 is 1.50 bits per heavy atom. The van der Waals surface area contributed by atoms with Crippen molar-refractivity contribution in [2.24, 2.45) is 0 Å². The third-order valence-corrected chi connectivity index (χ3v) is 12.9. The first-order valence-electron chi connectivity index (χ1n) is 4.34. The van der Waals surface area contributed by atoms with Crippen molar-refractivity contribution in [3.05, 3.63) is 0 Å². The molecule has 0 heterocycles. The molecule has 0 N–H and O–H groups in total. The fourth-order valence-corrected chi connectivity index (χ4v) is 7.97. The second kappa shape index (κ2) is 4.82. The highest BCUT2D eigenvalue weighted by Gasteiger charge is 2.72. The summed E-state index contributed by atoms with van der Waals surface area (Å²) in [4.78, 5) is 0. The quantitative estimate of drug-likeness (QED) is 0.295. The van der Waals surface area contributed by atoms with Crippen LogP contribution in [-0.2, 0) is 0 Å². The molecule has 0 aromatic heterocycles. The fourth-order valence-electron chi connectivity index (χ4n) is 1.62. The summed E-state index contributed by atoms with van der Waals surface area (Å²) in [5, 5.41) is -0.609. The van der Waals surface area contributed by atoms with Gasteiger partial charge in [0.25, 0.3) is 6.69 Å². The van der Waals surface area contributed by atoms with Crippen LogP contribution in [0.15, 0.2) is 0 Å². The van der Waals surface area contributed by atoms with Crippen LogP contribution >= 0.6 is 91.8 Å². The molecule has 0 amide bonds. The molecule has 2 unspecified atom stereocenters. The van der Waals surface area contributed by atoms with Crippen molar-refractivity contribution in [3.8, 4) is 0 Å². The van der Waals surface area contributed by atoms with E-state index in [4.69, 9.17) is 91.8 Å². The van der Waals surface area contributed by atoms with Crippen LogP contribution in [0.5, 0.6) is 0 Å². The highest BCUT2D eigenvalue weighted by Crippen LogP contribution is 2.64. The summed E-state index contributed by atoms with van der Waals surface area (Å²) < 4.78 is -4.56. The lowest BCUT2D eigenvalue weighted by Crippen LogP contribution is -2.67. The van der Waals surface area contributed by atoms with Crippen LogP contribution < -0.4 is 0 Å². The molecule has 1 fully saturated rings. The first-order chi connectivity index (χ1) is 6.88. The molecule has 16 heavy (non-hydrogen) atoms. The normalized spacial score (nSPS) is 38.4. The largest absolute Gasteiger partial charge is 0.271 e. The number of hydrogen-bond acceptors (Lipinski definition) is 0. The van der Waals surface area contributed by atoms with Crippen LogP contribution in [0.1, 0.15) is 12.8 Å². The van der Waals surface area contributed by atoms with Gasteiger partial charge in [-0.15, -0.1) is 45.4 Å². The predicted molar refractivity (Wildman–Crippen MR) is 79.7 cm³/mol. The zero-order chi connectivity index (χ0) is 13.0. The molecule has 9 heteroatoms. The van der Waals surface area contributed by atoms with Crippen LogP contribution in [0.25, 0.3) is 0 Å². The minimum absolute atomic E-state index is 0.368. The smallest absolute Gasteiger partial charge is 0.144 e. The van der Waals surface area contributed by atoms with E-state index in [1.54, 1.807) is 6.55 Å². The van der Waals surface area contributed by atoms with Crippen LogP contribution in [0, 0.1) is 0 Å². The SMILES string of the molecule is C[Si](Cl)(Cl)C1(Cl)CCC(Cl)C(Cl)(Cl)C1(Cl)Cl. The van der Waals surface area contributed by atoms with Crippen molar-refractivity contribution in [3.63, 3.8) is 0 Å². The average molecular weight is 404 g/mol. The average Bonchev–Trinajstić information content (AvgIpc) is 2.08. The van der Waals surface area contributed by atoms with Gasteiger partial charge in [0.05, 0.1) is 5.38 Å². The van der Waals surface area contributed by atoms with Crippen LogP contribution in [0.4, 0.5) is 0 Å². The molecular formula is C7H8Cl8Si. The Morgan fingerprint density at radius 3 is 1.88 bits per heavy atom. The standard InChI is InChI=1S/C7H8Cl8Si/c1-16(14,15)5(9)3-2-4(8)6(10,11)7(5,12)13/h4H,2-3H2,1H3. The van der Waals surface area contributed by atoms with Crippen molar-refractivity contribution in [2.75, 3.05) is 0 Å². The lowest BCUT2D eigenvalue weighted by molar-refractivity contribution is 0.429. The minimum atomic E-state index is -2.92. The van der Waals surface area contributed by atoms with E-state index in [0.717, 1.165) is 0 Å². The Hall–Kier alpha value is 2.54. The molecule has 1 aliphatic carbocycles. The number of alkyl halides is 6. The van der Waals surface area contributed by atoms with E-state index in [1.165, 1.54) is 0 Å². The lowest BCUT2D eigenvalue weighted by atomic mass is 9.96. The van der Waals surface area contributed by atoms with Crippen LogP contribution in [-0.4, -0.2) is 25.2 Å². The summed E-state index contributed by atoms with van der Waals surface area (Å²) in [5.74, 6) is 0. The fraction of sp³-hybridized carbons (Fsp3) is 1.00. The highest BCUT2D eigenvalue weighted by molar-refractivity contribution is 7.48. The molecule has 0 radical (unpaired) electrons. The van der Waals surface area contributed by atoms with Gasteiger partial charge < -0.3 is 0 Å². The van der Waals surface area contributed by atoms with E-state index in [0.29, 0.717) is 12.8 Å². The Bertz CT molecular complexity index is 285. The maximum Gasteiger partial charge on any atom is 0.271 e. The monoisotopic (exact) mass is 400 g/mol. The Labute approximate surface area is 135 Å². The van der Waals surface area contributed by atoms with Crippen molar-refractivity contribution >= 4 is 98.5 Å². The maximum atomic E-state index is 6.40. The van der Waals surface area contributed by atoms with Crippen LogP contribution in [0.3, 0.4) is 0 Å². The Balaban J connectivity index is 3.27. The van der Waals surface area contributed by atoms with Crippen LogP contribution in [0.2, 0.25) is 6.55 Å². The second-order valence-electron chi connectivity index (χ2n) is 3.89. The molecule has 0 bridgehead atoms. The molecule has 0 spiro atoms. The molecule has 96 valence electrons. The second-order valence-corrected chi connectivity index (χ2v) is 15.8. The summed E-state index contributed by atoms with van der Waals surface area (Å²) >= 11 is 49.3. The van der Waals surface area contributed by atoms with Crippen molar-refractivity contribution < 1.29 is 0 Å². The molecule has 2 atom stereocenters. The summed E-state index contributed by atoms with van der Waals surface area (Å²) in [7, 11) is 0. The van der Waals surface area contributed by atoms with Gasteiger partial charge in [-0.2, -0.15) is 0 Å². The maximum absolute atomic E-state index is 6.40. The molecule has 0 aromatic rings. The van der Waals surface area contributed by atoms with E-state index < -0.39 is 25.2 Å². The zero-order valence-corrected chi connectivity index (χ0v) is 15.1. The molecule has 1 saturated carbocycles. The third kappa shape index (κ3) is 2.31. The van der Waals surface area contributed by atoms with Gasteiger partial charge in [0.1, 0.15) is 4.50 Å². The predicted octanol–water partition coefficient (Wildman–Crippen LogP) is 5.80. The van der Waals surface area contributed by atoms with E-state index in [1.807, 2.05) is 0 Å². The molecule has 1 aliphatic rings. The summed E-state index contributed by atoms with van der Waals surface area (Å²) in [6.45, 7) is -1.29. The van der Waals surface area contributed by atoms with Crippen molar-refractivity contribution in [2.45, 2.75) is 37.9 Å². The van der Waals surface area contributed by atoms with Gasteiger partial charge in [-0.25, -0.2) is 0 Å². The van der Waals surface area contributed by atoms with Gasteiger partial charge >= 0.3 is 0 Å². The van der Waals surface area contributed by atoms with Gasteiger partial charge in [-0.3, -0.25) is 0 Å². The minimum Gasteiger partial charge on any atom is -0.144 e. The zero-order valence-electron chi connectivity index (χ0n) is 8.02. The summed E-state index contributed by atoms with van der Waals surface area (Å²) in [6.07, 6.45) is 0.813. The molecule has 0 aromatic carbocycles. The van der Waals surface area contributed by atoms with Gasteiger partial charge in [-0.1, -0.05) is 46.4 Å². The van der Waals surface area contributed by atoms with Gasteiger partial charge in [0, 0.05) is 0 Å². The summed E-state index contributed by atoms with van der Waals surface area (Å²) in [6, 6.07) is 0. The van der Waals surface area contributed by atoms with E-state index in [9.17, 15) is 0 Å². The topological polar surface area (TPSA) is 0 Å². The van der Waals surface area contributed by atoms with E-state index >= 15 is 0 Å². The molecule has 1 rings (SSSR count). The Morgan fingerprint density at radius 1 is 1.06 bits per heavy atom. The molecular weight excluding hydrogens is 396 g/mol. The van der Waals surface area contributed by atoms with Crippen molar-refractivity contribution in [1.29, 1.82) is 0 Å². The van der Waals surface area contributed by atoms with E-state index in [2.05, 4.69) is 0 Å². The number of hydrogen-bond donors (Lipinski definition) is 0. The molecule has 0 nitrogen and oxygen atoms in total. The molecule has 0 aliphatic heterocycles. The van der Waals surface area contributed by atoms with Crippen molar-refractivity contribution in [1.82, 2.24) is 0 Å². The number of halogens is 8. The molecule has 0 saturated heterocycles. The lowest BCUT2D eigenvalue weighted by Gasteiger charge is -2.53. The first kappa shape index (κ1) is 16.6. The van der Waals surface area contributed by atoms with Gasteiger partial charge in [0.15, 0.2) is 8.67 Å². The third-order valence-electron chi connectivity index (χ3n) is 2.75. The van der Waals surface area contributed by atoms with E-state index in [-0.39, 0.29) is 0 Å². The first-order valence-corrected chi connectivity index (χ1v) is 11.2. The Kier molecular flexibility index (Phi) is 5.00. The number of rotatable bonds is 1. The summed E-state index contributed by atoms with van der Waals surface area (Å²) in [5.41, 5.74) is 0.